The highest BCUT2D eigenvalue weighted by Crippen LogP contribution is 2.33. The third-order valence-corrected chi connectivity index (χ3v) is 6.36. The summed E-state index contributed by atoms with van der Waals surface area (Å²) in [6.07, 6.45) is 0. The van der Waals surface area contributed by atoms with Gasteiger partial charge < -0.3 is 15.0 Å². The fraction of sp³-hybridized carbons (Fsp3) is 0.467. The molecule has 1 aliphatic heterocycles. The van der Waals surface area contributed by atoms with Crippen molar-refractivity contribution in [3.63, 3.8) is 0 Å². The number of benzene rings is 1. The number of nitrogens with one attached hydrogen (secondary N) is 1. The quantitative estimate of drug-likeness (QED) is 0.700. The van der Waals surface area contributed by atoms with Crippen molar-refractivity contribution in [3.05, 3.63) is 27.2 Å². The van der Waals surface area contributed by atoms with E-state index < -0.39 is 21.8 Å². The molecule has 0 radical (unpaired) electrons. The van der Waals surface area contributed by atoms with Gasteiger partial charge in [0.05, 0.1) is 26.6 Å². The van der Waals surface area contributed by atoms with Gasteiger partial charge in [-0.3, -0.25) is 9.59 Å². The number of amides is 2. The third kappa shape index (κ3) is 5.64. The fourth-order valence-electron chi connectivity index (χ4n) is 2.31. The minimum Gasteiger partial charge on any atom is -0.482 e. The number of hydrogen-bond donors (Lipinski definition) is 1. The lowest BCUT2D eigenvalue weighted by Crippen LogP contribution is -2.52. The van der Waals surface area contributed by atoms with Crippen LogP contribution in [-0.2, 0) is 19.4 Å². The molecule has 1 N–H and O–H groups in total. The van der Waals surface area contributed by atoms with Crippen LogP contribution >= 0.6 is 34.8 Å². The highest BCUT2D eigenvalue weighted by Gasteiger charge is 2.28. The Morgan fingerprint density at radius 3 is 2.35 bits per heavy atom. The second-order valence-corrected chi connectivity index (χ2v) is 9.28. The SMILES string of the molecule is CC(NC(=O)COc1cc(Cl)c(Cl)cc1Cl)C(=O)N1CCS(=O)(=O)CC1. The summed E-state index contributed by atoms with van der Waals surface area (Å²) in [6.45, 7) is 1.40. The Bertz CT molecular complexity index is 802. The molecule has 7 nitrogen and oxygen atoms in total. The van der Waals surface area contributed by atoms with Crippen LogP contribution in [-0.4, -0.2) is 62.4 Å². The number of halogens is 3. The number of nitrogens with zero attached hydrogens (tertiary/aromatic N) is 1. The first-order chi connectivity index (χ1) is 12.1. The van der Waals surface area contributed by atoms with E-state index >= 15 is 0 Å². The van der Waals surface area contributed by atoms with E-state index in [0.29, 0.717) is 0 Å². The minimum atomic E-state index is -3.08. The predicted octanol–water partition coefficient (Wildman–Crippen LogP) is 1.79. The Hall–Kier alpha value is -1.22. The van der Waals surface area contributed by atoms with Gasteiger partial charge in [0.2, 0.25) is 5.91 Å². The number of carbonyl (C=O) groups is 2. The molecule has 0 aliphatic carbocycles. The summed E-state index contributed by atoms with van der Waals surface area (Å²) in [5.74, 6) is -0.827. The predicted molar refractivity (Wildman–Crippen MR) is 99.8 cm³/mol. The van der Waals surface area contributed by atoms with Gasteiger partial charge in [-0.2, -0.15) is 0 Å². The monoisotopic (exact) mass is 442 g/mol. The molecule has 1 unspecified atom stereocenters. The average molecular weight is 444 g/mol. The van der Waals surface area contributed by atoms with E-state index in [1.807, 2.05) is 0 Å². The van der Waals surface area contributed by atoms with E-state index in [0.717, 1.165) is 0 Å². The zero-order valence-electron chi connectivity index (χ0n) is 13.8. The first-order valence-electron chi connectivity index (χ1n) is 7.65. The molecule has 0 bridgehead atoms. The molecule has 1 fully saturated rings. The topological polar surface area (TPSA) is 92.8 Å². The smallest absolute Gasteiger partial charge is 0.258 e. The van der Waals surface area contributed by atoms with Crippen molar-refractivity contribution in [2.45, 2.75) is 13.0 Å². The summed E-state index contributed by atoms with van der Waals surface area (Å²) in [6, 6.07) is 1.98. The van der Waals surface area contributed by atoms with E-state index in [9.17, 15) is 18.0 Å². The molecular weight excluding hydrogens is 427 g/mol. The van der Waals surface area contributed by atoms with Gasteiger partial charge in [-0.25, -0.2) is 8.42 Å². The number of rotatable bonds is 5. The Morgan fingerprint density at radius 2 is 1.73 bits per heavy atom. The van der Waals surface area contributed by atoms with E-state index in [2.05, 4.69) is 5.32 Å². The summed E-state index contributed by atoms with van der Waals surface area (Å²) >= 11 is 17.6. The van der Waals surface area contributed by atoms with Gasteiger partial charge in [0.1, 0.15) is 11.8 Å². The van der Waals surface area contributed by atoms with Crippen LogP contribution in [0, 0.1) is 0 Å². The van der Waals surface area contributed by atoms with Gasteiger partial charge in [-0.05, 0) is 13.0 Å². The molecule has 1 aromatic rings. The summed E-state index contributed by atoms with van der Waals surface area (Å²) in [7, 11) is -3.08. The van der Waals surface area contributed by atoms with Crippen LogP contribution in [0.2, 0.25) is 15.1 Å². The molecule has 1 aliphatic rings. The van der Waals surface area contributed by atoms with Crippen molar-refractivity contribution in [2.75, 3.05) is 31.2 Å². The van der Waals surface area contributed by atoms with Crippen molar-refractivity contribution in [1.82, 2.24) is 10.2 Å². The maximum Gasteiger partial charge on any atom is 0.258 e. The molecule has 0 saturated carbocycles. The summed E-state index contributed by atoms with van der Waals surface area (Å²) in [5.41, 5.74) is 0. The van der Waals surface area contributed by atoms with Crippen molar-refractivity contribution in [1.29, 1.82) is 0 Å². The highest BCUT2D eigenvalue weighted by atomic mass is 35.5. The maximum atomic E-state index is 12.3. The molecule has 11 heteroatoms. The molecule has 1 heterocycles. The molecular formula is C15H17Cl3N2O5S. The molecule has 0 aromatic heterocycles. The third-order valence-electron chi connectivity index (χ3n) is 3.74. The van der Waals surface area contributed by atoms with Gasteiger partial charge in [-0.15, -0.1) is 0 Å². The lowest BCUT2D eigenvalue weighted by molar-refractivity contribution is -0.136. The zero-order chi connectivity index (χ0) is 19.5. The second kappa shape index (κ2) is 8.65. The van der Waals surface area contributed by atoms with E-state index in [-0.39, 0.29) is 57.9 Å². The molecule has 1 aromatic carbocycles. The molecule has 1 saturated heterocycles. The van der Waals surface area contributed by atoms with Crippen LogP contribution in [0.4, 0.5) is 0 Å². The van der Waals surface area contributed by atoms with Gasteiger partial charge in [0, 0.05) is 19.2 Å². The second-order valence-electron chi connectivity index (χ2n) is 5.75. The van der Waals surface area contributed by atoms with Crippen LogP contribution < -0.4 is 10.1 Å². The van der Waals surface area contributed by atoms with E-state index in [1.165, 1.54) is 24.0 Å². The standard InChI is InChI=1S/C15H17Cl3N2O5S/c1-9(15(22)20-2-4-26(23,24)5-3-20)19-14(21)8-25-13-7-11(17)10(16)6-12(13)18/h6-7,9H,2-5,8H2,1H3,(H,19,21). The normalized spacial score (nSPS) is 17.5. The number of hydrogen-bond acceptors (Lipinski definition) is 5. The number of carbonyl (C=O) groups excluding carboxylic acids is 2. The van der Waals surface area contributed by atoms with Gasteiger partial charge in [0.15, 0.2) is 16.4 Å². The summed E-state index contributed by atoms with van der Waals surface area (Å²) in [5, 5.41) is 3.20. The Balaban J connectivity index is 1.85. The van der Waals surface area contributed by atoms with Crippen molar-refractivity contribution in [3.8, 4) is 5.75 Å². The van der Waals surface area contributed by atoms with Crippen LogP contribution in [0.25, 0.3) is 0 Å². The molecule has 26 heavy (non-hydrogen) atoms. The van der Waals surface area contributed by atoms with Gasteiger partial charge >= 0.3 is 0 Å². The van der Waals surface area contributed by atoms with Crippen LogP contribution in [0.3, 0.4) is 0 Å². The number of sulfone groups is 1. The van der Waals surface area contributed by atoms with E-state index in [1.54, 1.807) is 0 Å². The number of ether oxygens (including phenoxy) is 1. The van der Waals surface area contributed by atoms with E-state index in [4.69, 9.17) is 39.5 Å². The molecule has 144 valence electrons. The van der Waals surface area contributed by atoms with Crippen LogP contribution in [0.1, 0.15) is 6.92 Å². The lowest BCUT2D eigenvalue weighted by Gasteiger charge is -2.29. The highest BCUT2D eigenvalue weighted by molar-refractivity contribution is 7.91. The summed E-state index contributed by atoms with van der Waals surface area (Å²) < 4.78 is 28.1. The molecule has 2 amide bonds. The van der Waals surface area contributed by atoms with Gasteiger partial charge in [0.25, 0.3) is 5.91 Å². The largest absolute Gasteiger partial charge is 0.482 e. The minimum absolute atomic E-state index is 0.0711. The fourth-order valence-corrected chi connectivity index (χ4v) is 4.10. The summed E-state index contributed by atoms with van der Waals surface area (Å²) in [4.78, 5) is 25.7. The van der Waals surface area contributed by atoms with Crippen LogP contribution in [0.15, 0.2) is 12.1 Å². The Kier molecular flexibility index (Phi) is 7.01. The van der Waals surface area contributed by atoms with Crippen LogP contribution in [0.5, 0.6) is 5.75 Å². The van der Waals surface area contributed by atoms with Gasteiger partial charge in [-0.1, -0.05) is 34.8 Å². The first-order valence-corrected chi connectivity index (χ1v) is 10.6. The molecule has 1 atom stereocenters. The molecule has 2 rings (SSSR count). The maximum absolute atomic E-state index is 12.3. The van der Waals surface area contributed by atoms with Crippen molar-refractivity contribution >= 4 is 56.5 Å². The van der Waals surface area contributed by atoms with Crippen molar-refractivity contribution < 1.29 is 22.7 Å². The Labute approximate surface area is 166 Å². The Morgan fingerprint density at radius 1 is 1.15 bits per heavy atom. The lowest BCUT2D eigenvalue weighted by atomic mass is 10.2. The van der Waals surface area contributed by atoms with Crippen molar-refractivity contribution in [2.24, 2.45) is 0 Å². The molecule has 0 spiro atoms. The first kappa shape index (κ1) is 21.1. The average Bonchev–Trinajstić information content (AvgIpc) is 2.56. The zero-order valence-corrected chi connectivity index (χ0v) is 16.9.